The molecular weight excluding hydrogens is 282 g/mol. The Morgan fingerprint density at radius 1 is 1.22 bits per heavy atom. The molecule has 2 aromatic rings. The first-order valence-corrected chi connectivity index (χ1v) is 5.50. The summed E-state index contributed by atoms with van der Waals surface area (Å²) in [6.07, 6.45) is 0. The van der Waals surface area contributed by atoms with Crippen molar-refractivity contribution in [3.8, 4) is 11.3 Å². The van der Waals surface area contributed by atoms with Crippen LogP contribution in [0.15, 0.2) is 30.3 Å². The van der Waals surface area contributed by atoms with Crippen LogP contribution in [0.25, 0.3) is 11.3 Å². The monoisotopic (exact) mass is 286 g/mol. The van der Waals surface area contributed by atoms with Gasteiger partial charge < -0.3 is 0 Å². The highest BCUT2D eigenvalue weighted by atomic mass is 35.5. The highest BCUT2D eigenvalue weighted by molar-refractivity contribution is 6.33. The van der Waals surface area contributed by atoms with E-state index in [0.717, 1.165) is 12.1 Å². The van der Waals surface area contributed by atoms with E-state index in [0.29, 0.717) is 5.56 Å². The maximum atomic E-state index is 12.9. The number of hydrogen-bond acceptors (Lipinski definition) is 3. The van der Waals surface area contributed by atoms with Crippen molar-refractivity contribution in [2.45, 2.75) is 0 Å². The average Bonchev–Trinajstić information content (AvgIpc) is 2.27. The molecule has 1 aromatic heterocycles. The summed E-state index contributed by atoms with van der Waals surface area (Å²) in [6.45, 7) is 0. The number of halogens is 3. The van der Waals surface area contributed by atoms with Crippen molar-refractivity contribution in [1.82, 2.24) is 4.98 Å². The normalized spacial score (nSPS) is 10.4. The quantitative estimate of drug-likeness (QED) is 0.474. The lowest BCUT2D eigenvalue weighted by Crippen LogP contribution is -1.92. The van der Waals surface area contributed by atoms with Crippen LogP contribution in [0.3, 0.4) is 0 Å². The first-order valence-electron chi connectivity index (χ1n) is 4.75. The van der Waals surface area contributed by atoms with E-state index in [1.807, 2.05) is 0 Å². The second-order valence-electron chi connectivity index (χ2n) is 3.41. The topological polar surface area (TPSA) is 56.0 Å². The van der Waals surface area contributed by atoms with Crippen LogP contribution in [0, 0.1) is 15.9 Å². The summed E-state index contributed by atoms with van der Waals surface area (Å²) in [4.78, 5) is 14.0. The smallest absolute Gasteiger partial charge is 0.258 e. The fourth-order valence-corrected chi connectivity index (χ4v) is 1.89. The maximum absolute atomic E-state index is 12.9. The molecule has 4 nitrogen and oxygen atoms in total. The Kier molecular flexibility index (Phi) is 3.45. The summed E-state index contributed by atoms with van der Waals surface area (Å²) in [6, 6.07) is 6.04. The molecule has 0 radical (unpaired) electrons. The third-order valence-corrected chi connectivity index (χ3v) is 2.70. The number of nitro groups is 1. The molecule has 92 valence electrons. The maximum Gasteiger partial charge on any atom is 0.274 e. The molecule has 0 saturated carbocycles. The summed E-state index contributed by atoms with van der Waals surface area (Å²) < 4.78 is 12.9. The molecule has 1 aromatic carbocycles. The van der Waals surface area contributed by atoms with Crippen molar-refractivity contribution in [3.05, 3.63) is 56.4 Å². The molecule has 0 spiro atoms. The molecule has 0 N–H and O–H groups in total. The Hall–Kier alpha value is -1.72. The van der Waals surface area contributed by atoms with Gasteiger partial charge in [-0.15, -0.1) is 0 Å². The molecule has 1 heterocycles. The van der Waals surface area contributed by atoms with Crippen LogP contribution in [0.4, 0.5) is 10.1 Å². The fourth-order valence-electron chi connectivity index (χ4n) is 1.42. The zero-order valence-electron chi connectivity index (χ0n) is 8.73. The van der Waals surface area contributed by atoms with Crippen LogP contribution in [0.5, 0.6) is 0 Å². The summed E-state index contributed by atoms with van der Waals surface area (Å²) in [7, 11) is 0. The summed E-state index contributed by atoms with van der Waals surface area (Å²) in [5, 5.41) is 10.8. The van der Waals surface area contributed by atoms with Gasteiger partial charge in [0.05, 0.1) is 21.7 Å². The number of benzene rings is 1. The van der Waals surface area contributed by atoms with Crippen LogP contribution in [-0.4, -0.2) is 9.91 Å². The zero-order chi connectivity index (χ0) is 13.3. The summed E-state index contributed by atoms with van der Waals surface area (Å²) in [5.74, 6) is -0.500. The van der Waals surface area contributed by atoms with Gasteiger partial charge in [-0.3, -0.25) is 10.1 Å². The van der Waals surface area contributed by atoms with Gasteiger partial charge in [0.25, 0.3) is 5.69 Å². The molecule has 2 rings (SSSR count). The highest BCUT2D eigenvalue weighted by Crippen LogP contribution is 2.30. The zero-order valence-corrected chi connectivity index (χ0v) is 10.2. The van der Waals surface area contributed by atoms with Crippen LogP contribution in [0.2, 0.25) is 10.2 Å². The number of pyridine rings is 1. The van der Waals surface area contributed by atoms with Crippen LogP contribution >= 0.6 is 23.2 Å². The van der Waals surface area contributed by atoms with Gasteiger partial charge in [0.1, 0.15) is 11.0 Å². The molecule has 0 bridgehead atoms. The van der Waals surface area contributed by atoms with E-state index in [1.54, 1.807) is 0 Å². The largest absolute Gasteiger partial charge is 0.274 e. The van der Waals surface area contributed by atoms with Gasteiger partial charge in [-0.25, -0.2) is 9.37 Å². The average molecular weight is 287 g/mol. The Bertz CT molecular complexity index is 634. The highest BCUT2D eigenvalue weighted by Gasteiger charge is 2.13. The molecule has 18 heavy (non-hydrogen) atoms. The molecular formula is C11H5Cl2FN2O2. The second-order valence-corrected chi connectivity index (χ2v) is 4.21. The molecule has 0 fully saturated rings. The summed E-state index contributed by atoms with van der Waals surface area (Å²) in [5.41, 5.74) is 0.397. The minimum absolute atomic E-state index is 0.0282. The van der Waals surface area contributed by atoms with E-state index in [4.69, 9.17) is 23.2 Å². The van der Waals surface area contributed by atoms with E-state index >= 15 is 0 Å². The van der Waals surface area contributed by atoms with Gasteiger partial charge >= 0.3 is 0 Å². The molecule has 0 aliphatic carbocycles. The van der Waals surface area contributed by atoms with Crippen molar-refractivity contribution in [1.29, 1.82) is 0 Å². The molecule has 0 amide bonds. The number of aromatic nitrogens is 1. The van der Waals surface area contributed by atoms with E-state index in [9.17, 15) is 14.5 Å². The minimum Gasteiger partial charge on any atom is -0.258 e. The van der Waals surface area contributed by atoms with E-state index in [2.05, 4.69) is 4.98 Å². The molecule has 0 saturated heterocycles. The van der Waals surface area contributed by atoms with Crippen LogP contribution in [0.1, 0.15) is 0 Å². The predicted octanol–water partition coefficient (Wildman–Crippen LogP) is 4.10. The third-order valence-electron chi connectivity index (χ3n) is 2.20. The standard InChI is InChI=1S/C11H5Cl2FN2O2/c12-9-3-6(14)1-2-8(9)10-4-7(16(17)18)5-11(13)15-10/h1-5H. The molecule has 0 atom stereocenters. The van der Waals surface area contributed by atoms with Crippen LogP contribution in [-0.2, 0) is 0 Å². The van der Waals surface area contributed by atoms with Crippen molar-refractivity contribution in [2.75, 3.05) is 0 Å². The second kappa shape index (κ2) is 4.88. The Labute approximate surface area is 111 Å². The van der Waals surface area contributed by atoms with Crippen molar-refractivity contribution in [3.63, 3.8) is 0 Å². The van der Waals surface area contributed by atoms with Crippen molar-refractivity contribution in [2.24, 2.45) is 0 Å². The van der Waals surface area contributed by atoms with Crippen molar-refractivity contribution < 1.29 is 9.31 Å². The van der Waals surface area contributed by atoms with Crippen LogP contribution < -0.4 is 0 Å². The molecule has 0 aliphatic heterocycles. The lowest BCUT2D eigenvalue weighted by Gasteiger charge is -2.04. The number of rotatable bonds is 2. The molecule has 7 heteroatoms. The fraction of sp³-hybridized carbons (Fsp3) is 0. The van der Waals surface area contributed by atoms with Gasteiger partial charge in [0.15, 0.2) is 0 Å². The van der Waals surface area contributed by atoms with Crippen molar-refractivity contribution >= 4 is 28.9 Å². The first-order chi connectivity index (χ1) is 8.47. The minimum atomic E-state index is -0.589. The number of nitrogens with zero attached hydrogens (tertiary/aromatic N) is 2. The Morgan fingerprint density at radius 2 is 1.94 bits per heavy atom. The SMILES string of the molecule is O=[N+]([O-])c1cc(Cl)nc(-c2ccc(F)cc2Cl)c1. The van der Waals surface area contributed by atoms with Gasteiger partial charge in [0, 0.05) is 11.6 Å². The number of hydrogen-bond donors (Lipinski definition) is 0. The van der Waals surface area contributed by atoms with Gasteiger partial charge in [-0.1, -0.05) is 23.2 Å². The lowest BCUT2D eigenvalue weighted by atomic mass is 10.1. The molecule has 0 unspecified atom stereocenters. The van der Waals surface area contributed by atoms with Gasteiger partial charge in [0.2, 0.25) is 0 Å². The van der Waals surface area contributed by atoms with E-state index < -0.39 is 10.7 Å². The van der Waals surface area contributed by atoms with Gasteiger partial charge in [-0.05, 0) is 18.2 Å². The third kappa shape index (κ3) is 2.57. The van der Waals surface area contributed by atoms with E-state index in [-0.39, 0.29) is 21.6 Å². The predicted molar refractivity (Wildman–Crippen MR) is 66.3 cm³/mol. The Balaban J connectivity index is 2.60. The van der Waals surface area contributed by atoms with Gasteiger partial charge in [-0.2, -0.15) is 0 Å². The first kappa shape index (κ1) is 12.7. The summed E-state index contributed by atoms with van der Waals surface area (Å²) >= 11 is 11.6. The lowest BCUT2D eigenvalue weighted by molar-refractivity contribution is -0.384. The Morgan fingerprint density at radius 3 is 2.56 bits per heavy atom. The molecule has 0 aliphatic rings. The van der Waals surface area contributed by atoms with E-state index in [1.165, 1.54) is 18.2 Å².